The Morgan fingerprint density at radius 1 is 1.15 bits per heavy atom. The number of hydrogen-bond acceptors (Lipinski definition) is 5. The van der Waals surface area contributed by atoms with E-state index in [4.69, 9.17) is 32.7 Å². The summed E-state index contributed by atoms with van der Waals surface area (Å²) in [6.07, 6.45) is 1.72. The van der Waals surface area contributed by atoms with Gasteiger partial charge in [0.05, 0.1) is 30.5 Å². The Hall–Kier alpha value is -2.52. The van der Waals surface area contributed by atoms with E-state index in [-0.39, 0.29) is 0 Å². The second kappa shape index (κ2) is 8.45. The minimum absolute atomic E-state index is 0.404. The van der Waals surface area contributed by atoms with Crippen LogP contribution in [0.15, 0.2) is 41.8 Å². The van der Waals surface area contributed by atoms with E-state index in [1.165, 1.54) is 25.6 Å². The van der Waals surface area contributed by atoms with Gasteiger partial charge in [0.25, 0.3) is 0 Å². The van der Waals surface area contributed by atoms with Crippen LogP contribution in [0.3, 0.4) is 0 Å². The van der Waals surface area contributed by atoms with Gasteiger partial charge in [-0.2, -0.15) is 5.26 Å². The highest BCUT2D eigenvalue weighted by molar-refractivity contribution is 7.11. The number of ether oxygens (including phenoxy) is 2. The van der Waals surface area contributed by atoms with Crippen LogP contribution in [0.1, 0.15) is 10.6 Å². The van der Waals surface area contributed by atoms with Crippen LogP contribution in [0, 0.1) is 11.3 Å². The van der Waals surface area contributed by atoms with E-state index in [0.29, 0.717) is 32.1 Å². The van der Waals surface area contributed by atoms with E-state index in [2.05, 4.69) is 11.1 Å². The van der Waals surface area contributed by atoms with Gasteiger partial charge in [0.15, 0.2) is 11.5 Å². The molecule has 7 heteroatoms. The topological polar surface area (TPSA) is 55.1 Å². The molecule has 0 saturated heterocycles. The molecular weight excluding hydrogens is 403 g/mol. The molecule has 0 radical (unpaired) electrons. The maximum Gasteiger partial charge on any atom is 0.179 e. The van der Waals surface area contributed by atoms with Crippen LogP contribution in [-0.4, -0.2) is 19.2 Å². The van der Waals surface area contributed by atoms with Crippen LogP contribution in [0.4, 0.5) is 0 Å². The summed E-state index contributed by atoms with van der Waals surface area (Å²) < 4.78 is 10.5. The molecule has 0 unspecified atom stereocenters. The van der Waals surface area contributed by atoms with Crippen LogP contribution in [0.25, 0.3) is 22.9 Å². The molecule has 27 heavy (non-hydrogen) atoms. The highest BCUT2D eigenvalue weighted by Gasteiger charge is 2.13. The predicted octanol–water partition coefficient (Wildman–Crippen LogP) is 6.20. The number of halogens is 2. The number of nitrogens with zero attached hydrogens (tertiary/aromatic N) is 2. The molecule has 0 fully saturated rings. The first kappa shape index (κ1) is 19.2. The van der Waals surface area contributed by atoms with Gasteiger partial charge in [-0.05, 0) is 35.9 Å². The quantitative estimate of drug-likeness (QED) is 0.464. The predicted molar refractivity (Wildman–Crippen MR) is 111 cm³/mol. The van der Waals surface area contributed by atoms with Crippen molar-refractivity contribution in [1.82, 2.24) is 4.98 Å². The SMILES string of the molecule is COc1cc(/C=C(/C#N)c2nc(-c3ccc(Cl)cc3)cs2)cc(Cl)c1OC. The van der Waals surface area contributed by atoms with Gasteiger partial charge in [0.2, 0.25) is 0 Å². The third-order valence-electron chi connectivity index (χ3n) is 3.76. The molecule has 0 spiro atoms. The summed E-state index contributed by atoms with van der Waals surface area (Å²) >= 11 is 13.6. The molecule has 0 aliphatic carbocycles. The minimum atomic E-state index is 0.404. The summed E-state index contributed by atoms with van der Waals surface area (Å²) in [5.41, 5.74) is 2.88. The zero-order valence-electron chi connectivity index (χ0n) is 14.5. The molecule has 1 aromatic heterocycles. The maximum absolute atomic E-state index is 9.60. The summed E-state index contributed by atoms with van der Waals surface area (Å²) in [5.74, 6) is 0.948. The number of benzene rings is 2. The van der Waals surface area contributed by atoms with Crippen molar-refractivity contribution in [2.24, 2.45) is 0 Å². The third kappa shape index (κ3) is 4.25. The number of rotatable bonds is 5. The van der Waals surface area contributed by atoms with Gasteiger partial charge >= 0.3 is 0 Å². The van der Waals surface area contributed by atoms with Crippen LogP contribution >= 0.6 is 34.5 Å². The fourth-order valence-corrected chi connectivity index (χ4v) is 3.70. The molecule has 3 aromatic rings. The molecule has 0 atom stereocenters. The van der Waals surface area contributed by atoms with Crippen LogP contribution in [0.5, 0.6) is 11.5 Å². The fourth-order valence-electron chi connectivity index (χ4n) is 2.48. The van der Waals surface area contributed by atoms with E-state index in [9.17, 15) is 5.26 Å². The Morgan fingerprint density at radius 3 is 2.52 bits per heavy atom. The Morgan fingerprint density at radius 2 is 1.89 bits per heavy atom. The molecule has 3 rings (SSSR count). The monoisotopic (exact) mass is 416 g/mol. The first-order valence-electron chi connectivity index (χ1n) is 7.81. The van der Waals surface area contributed by atoms with Crippen molar-refractivity contribution in [3.63, 3.8) is 0 Å². The van der Waals surface area contributed by atoms with Gasteiger partial charge in [-0.1, -0.05) is 35.3 Å². The average molecular weight is 417 g/mol. The van der Waals surface area contributed by atoms with Crippen molar-refractivity contribution in [3.05, 3.63) is 62.4 Å². The highest BCUT2D eigenvalue weighted by atomic mass is 35.5. The van der Waals surface area contributed by atoms with E-state index in [1.54, 1.807) is 18.2 Å². The maximum atomic E-state index is 9.60. The summed E-state index contributed by atoms with van der Waals surface area (Å²) in [6.45, 7) is 0. The van der Waals surface area contributed by atoms with E-state index >= 15 is 0 Å². The Labute approximate surface area is 171 Å². The molecular formula is C20H14Cl2N2O2S. The smallest absolute Gasteiger partial charge is 0.179 e. The first-order valence-corrected chi connectivity index (χ1v) is 9.44. The van der Waals surface area contributed by atoms with E-state index in [0.717, 1.165) is 16.8 Å². The van der Waals surface area contributed by atoms with Gasteiger partial charge in [-0.25, -0.2) is 4.98 Å². The minimum Gasteiger partial charge on any atom is -0.493 e. The summed E-state index contributed by atoms with van der Waals surface area (Å²) in [7, 11) is 3.06. The summed E-state index contributed by atoms with van der Waals surface area (Å²) in [6, 6.07) is 13.1. The number of thiazole rings is 1. The number of methoxy groups -OCH3 is 2. The molecule has 0 bridgehead atoms. The lowest BCUT2D eigenvalue weighted by molar-refractivity contribution is 0.355. The lowest BCUT2D eigenvalue weighted by Crippen LogP contribution is -1.92. The van der Waals surface area contributed by atoms with Crippen LogP contribution in [-0.2, 0) is 0 Å². The molecule has 0 aliphatic heterocycles. The number of nitriles is 1. The van der Waals surface area contributed by atoms with Crippen molar-refractivity contribution in [2.75, 3.05) is 14.2 Å². The van der Waals surface area contributed by atoms with Gasteiger partial charge in [0, 0.05) is 16.0 Å². The third-order valence-corrected chi connectivity index (χ3v) is 5.17. The Bertz CT molecular complexity index is 1040. The fraction of sp³-hybridized carbons (Fsp3) is 0.100. The van der Waals surface area contributed by atoms with Crippen molar-refractivity contribution in [1.29, 1.82) is 5.26 Å². The van der Waals surface area contributed by atoms with E-state index < -0.39 is 0 Å². The lowest BCUT2D eigenvalue weighted by Gasteiger charge is -2.10. The normalized spacial score (nSPS) is 11.1. The second-order valence-electron chi connectivity index (χ2n) is 5.45. The number of hydrogen-bond donors (Lipinski definition) is 0. The molecule has 0 saturated carbocycles. The van der Waals surface area contributed by atoms with Gasteiger partial charge in [-0.15, -0.1) is 11.3 Å². The standard InChI is InChI=1S/C20H14Cl2N2O2S/c1-25-18-9-12(8-16(22)19(18)26-2)7-14(10-23)20-24-17(11-27-20)13-3-5-15(21)6-4-13/h3-9,11H,1-2H3/b14-7-. The molecule has 0 amide bonds. The van der Waals surface area contributed by atoms with Crippen LogP contribution in [0.2, 0.25) is 10.0 Å². The molecule has 0 N–H and O–H groups in total. The molecule has 0 aliphatic rings. The second-order valence-corrected chi connectivity index (χ2v) is 7.15. The highest BCUT2D eigenvalue weighted by Crippen LogP contribution is 2.37. The average Bonchev–Trinajstić information content (AvgIpc) is 3.16. The number of aromatic nitrogens is 1. The van der Waals surface area contributed by atoms with Crippen molar-refractivity contribution in [3.8, 4) is 28.8 Å². The zero-order valence-corrected chi connectivity index (χ0v) is 16.8. The van der Waals surface area contributed by atoms with Crippen LogP contribution < -0.4 is 9.47 Å². The van der Waals surface area contributed by atoms with Crippen molar-refractivity contribution >= 4 is 46.2 Å². The Kier molecular flexibility index (Phi) is 6.02. The van der Waals surface area contributed by atoms with Crippen molar-refractivity contribution < 1.29 is 9.47 Å². The summed E-state index contributed by atoms with van der Waals surface area (Å²) in [4.78, 5) is 4.57. The number of allylic oxidation sites excluding steroid dienone is 1. The van der Waals surface area contributed by atoms with E-state index in [1.807, 2.05) is 29.6 Å². The Balaban J connectivity index is 1.97. The molecule has 136 valence electrons. The van der Waals surface area contributed by atoms with Crippen molar-refractivity contribution in [2.45, 2.75) is 0 Å². The van der Waals surface area contributed by atoms with Gasteiger partial charge < -0.3 is 9.47 Å². The van der Waals surface area contributed by atoms with Gasteiger partial charge in [-0.3, -0.25) is 0 Å². The summed E-state index contributed by atoms with van der Waals surface area (Å²) in [5, 5.41) is 13.2. The molecule has 4 nitrogen and oxygen atoms in total. The molecule has 1 heterocycles. The first-order chi connectivity index (χ1) is 13.0. The zero-order chi connectivity index (χ0) is 19.4. The largest absolute Gasteiger partial charge is 0.493 e. The molecule has 2 aromatic carbocycles. The lowest BCUT2D eigenvalue weighted by atomic mass is 10.1. The van der Waals surface area contributed by atoms with Gasteiger partial charge in [0.1, 0.15) is 11.1 Å².